The van der Waals surface area contributed by atoms with Crippen LogP contribution in [0.4, 0.5) is 4.39 Å². The summed E-state index contributed by atoms with van der Waals surface area (Å²) in [5, 5.41) is 5.06. The summed E-state index contributed by atoms with van der Waals surface area (Å²) in [5.41, 5.74) is 6.20. The molecule has 0 fully saturated rings. The number of thiazole rings is 1. The van der Waals surface area contributed by atoms with E-state index in [1.54, 1.807) is 30.5 Å². The van der Waals surface area contributed by atoms with Gasteiger partial charge in [0.05, 0.1) is 6.04 Å². The Morgan fingerprint density at radius 2 is 2.26 bits per heavy atom. The van der Waals surface area contributed by atoms with E-state index < -0.39 is 6.04 Å². The summed E-state index contributed by atoms with van der Waals surface area (Å²) in [6.45, 7) is 2.04. The first kappa shape index (κ1) is 13.6. The van der Waals surface area contributed by atoms with Crippen molar-refractivity contribution in [3.8, 4) is 0 Å². The molecule has 0 aliphatic rings. The molecule has 1 heterocycles. The van der Waals surface area contributed by atoms with Crippen molar-refractivity contribution in [2.75, 3.05) is 0 Å². The SMILES string of the molecule is C[C@@H](NC(=O)c1csc(CN)n1)c1ccccc1F. The minimum atomic E-state index is -0.420. The van der Waals surface area contributed by atoms with E-state index in [4.69, 9.17) is 5.73 Å². The molecule has 0 radical (unpaired) electrons. The highest BCUT2D eigenvalue weighted by molar-refractivity contribution is 7.09. The number of carbonyl (C=O) groups is 1. The van der Waals surface area contributed by atoms with Gasteiger partial charge in [-0.1, -0.05) is 18.2 Å². The van der Waals surface area contributed by atoms with E-state index in [0.29, 0.717) is 22.8 Å². The van der Waals surface area contributed by atoms with Gasteiger partial charge < -0.3 is 11.1 Å². The van der Waals surface area contributed by atoms with E-state index >= 15 is 0 Å². The molecule has 2 aromatic rings. The van der Waals surface area contributed by atoms with Gasteiger partial charge in [-0.3, -0.25) is 4.79 Å². The van der Waals surface area contributed by atoms with Crippen LogP contribution in [0.15, 0.2) is 29.6 Å². The smallest absolute Gasteiger partial charge is 0.271 e. The summed E-state index contributed by atoms with van der Waals surface area (Å²) in [4.78, 5) is 16.0. The third-order valence-corrected chi connectivity index (χ3v) is 3.55. The molecule has 0 bridgehead atoms. The van der Waals surface area contributed by atoms with Crippen LogP contribution in [-0.4, -0.2) is 10.9 Å². The zero-order valence-electron chi connectivity index (χ0n) is 10.4. The molecular formula is C13H14FN3OS. The molecule has 0 aliphatic heterocycles. The number of rotatable bonds is 4. The number of benzene rings is 1. The van der Waals surface area contributed by atoms with Crippen molar-refractivity contribution in [1.82, 2.24) is 10.3 Å². The van der Waals surface area contributed by atoms with E-state index in [2.05, 4.69) is 10.3 Å². The minimum Gasteiger partial charge on any atom is -0.344 e. The Hall–Kier alpha value is -1.79. The monoisotopic (exact) mass is 279 g/mol. The fourth-order valence-corrected chi connectivity index (χ4v) is 2.34. The number of hydrogen-bond acceptors (Lipinski definition) is 4. The molecule has 19 heavy (non-hydrogen) atoms. The quantitative estimate of drug-likeness (QED) is 0.901. The van der Waals surface area contributed by atoms with Crippen LogP contribution in [0.1, 0.15) is 34.0 Å². The van der Waals surface area contributed by atoms with Crippen molar-refractivity contribution in [2.24, 2.45) is 5.73 Å². The summed E-state index contributed by atoms with van der Waals surface area (Å²) in [7, 11) is 0. The Morgan fingerprint density at radius 3 is 2.89 bits per heavy atom. The second-order valence-electron chi connectivity index (χ2n) is 4.05. The largest absolute Gasteiger partial charge is 0.344 e. The molecule has 1 atom stereocenters. The molecule has 1 aromatic carbocycles. The number of nitrogens with zero attached hydrogens (tertiary/aromatic N) is 1. The highest BCUT2D eigenvalue weighted by atomic mass is 32.1. The van der Waals surface area contributed by atoms with Crippen LogP contribution >= 0.6 is 11.3 Å². The third kappa shape index (κ3) is 3.15. The maximum Gasteiger partial charge on any atom is 0.271 e. The molecule has 1 amide bonds. The molecular weight excluding hydrogens is 265 g/mol. The fraction of sp³-hybridized carbons (Fsp3) is 0.231. The van der Waals surface area contributed by atoms with Gasteiger partial charge in [-0.05, 0) is 13.0 Å². The second kappa shape index (κ2) is 5.90. The maximum absolute atomic E-state index is 13.6. The first-order valence-electron chi connectivity index (χ1n) is 5.81. The zero-order chi connectivity index (χ0) is 13.8. The van der Waals surface area contributed by atoms with Crippen molar-refractivity contribution >= 4 is 17.2 Å². The first-order chi connectivity index (χ1) is 9.11. The highest BCUT2D eigenvalue weighted by Gasteiger charge is 2.16. The summed E-state index contributed by atoms with van der Waals surface area (Å²) in [6.07, 6.45) is 0. The van der Waals surface area contributed by atoms with E-state index in [0.717, 1.165) is 0 Å². The third-order valence-electron chi connectivity index (χ3n) is 2.68. The van der Waals surface area contributed by atoms with Crippen molar-refractivity contribution in [2.45, 2.75) is 19.5 Å². The molecule has 2 rings (SSSR count). The van der Waals surface area contributed by atoms with Crippen LogP contribution in [0.5, 0.6) is 0 Å². The van der Waals surface area contributed by atoms with E-state index in [1.165, 1.54) is 17.4 Å². The molecule has 0 aliphatic carbocycles. The summed E-state index contributed by atoms with van der Waals surface area (Å²) in [5.74, 6) is -0.664. The number of amides is 1. The predicted molar refractivity (Wildman–Crippen MR) is 72.3 cm³/mol. The Kier molecular flexibility index (Phi) is 4.24. The number of hydrogen-bond donors (Lipinski definition) is 2. The van der Waals surface area contributed by atoms with Crippen LogP contribution in [0, 0.1) is 5.82 Å². The highest BCUT2D eigenvalue weighted by Crippen LogP contribution is 2.17. The number of nitrogens with one attached hydrogen (secondary N) is 1. The van der Waals surface area contributed by atoms with Gasteiger partial charge in [0.1, 0.15) is 16.5 Å². The average molecular weight is 279 g/mol. The summed E-state index contributed by atoms with van der Waals surface area (Å²) in [6, 6.07) is 5.94. The Balaban J connectivity index is 2.08. The number of aromatic nitrogens is 1. The van der Waals surface area contributed by atoms with Crippen LogP contribution in [-0.2, 0) is 6.54 Å². The minimum absolute atomic E-state index is 0.306. The molecule has 0 spiro atoms. The number of carbonyl (C=O) groups excluding carboxylic acids is 1. The molecule has 100 valence electrons. The summed E-state index contributed by atoms with van der Waals surface area (Å²) < 4.78 is 13.6. The van der Waals surface area contributed by atoms with Crippen LogP contribution in [0.3, 0.4) is 0 Å². The van der Waals surface area contributed by atoms with Crippen LogP contribution in [0.25, 0.3) is 0 Å². The van der Waals surface area contributed by atoms with Crippen molar-refractivity contribution in [3.05, 3.63) is 51.7 Å². The lowest BCUT2D eigenvalue weighted by Gasteiger charge is -2.14. The van der Waals surface area contributed by atoms with Crippen molar-refractivity contribution in [1.29, 1.82) is 0 Å². The standard InChI is InChI=1S/C13H14FN3OS/c1-8(9-4-2-3-5-10(9)14)16-13(18)11-7-19-12(6-15)17-11/h2-5,7-8H,6,15H2,1H3,(H,16,18)/t8-/m1/s1. The Morgan fingerprint density at radius 1 is 1.53 bits per heavy atom. The van der Waals surface area contributed by atoms with Gasteiger partial charge in [-0.15, -0.1) is 11.3 Å². The van der Waals surface area contributed by atoms with Gasteiger partial charge in [0.15, 0.2) is 0 Å². The van der Waals surface area contributed by atoms with Crippen molar-refractivity contribution in [3.63, 3.8) is 0 Å². The molecule has 0 unspecified atom stereocenters. The Labute approximate surface area is 114 Å². The second-order valence-corrected chi connectivity index (χ2v) is 4.99. The lowest BCUT2D eigenvalue weighted by Crippen LogP contribution is -2.27. The normalized spacial score (nSPS) is 12.2. The number of halogens is 1. The molecule has 1 aromatic heterocycles. The predicted octanol–water partition coefficient (Wildman–Crippen LogP) is 2.23. The molecule has 6 heteroatoms. The van der Waals surface area contributed by atoms with Crippen molar-refractivity contribution < 1.29 is 9.18 Å². The van der Waals surface area contributed by atoms with Gasteiger partial charge in [0.2, 0.25) is 0 Å². The van der Waals surface area contributed by atoms with E-state index in [-0.39, 0.29) is 11.7 Å². The van der Waals surface area contributed by atoms with Gasteiger partial charge >= 0.3 is 0 Å². The lowest BCUT2D eigenvalue weighted by molar-refractivity contribution is 0.0935. The van der Waals surface area contributed by atoms with Gasteiger partial charge in [-0.25, -0.2) is 9.37 Å². The van der Waals surface area contributed by atoms with Crippen LogP contribution < -0.4 is 11.1 Å². The van der Waals surface area contributed by atoms with Gasteiger partial charge in [-0.2, -0.15) is 0 Å². The first-order valence-corrected chi connectivity index (χ1v) is 6.69. The van der Waals surface area contributed by atoms with Crippen LogP contribution in [0.2, 0.25) is 0 Å². The molecule has 0 saturated heterocycles. The lowest BCUT2D eigenvalue weighted by atomic mass is 10.1. The maximum atomic E-state index is 13.6. The summed E-state index contributed by atoms with van der Waals surface area (Å²) >= 11 is 1.33. The molecule has 4 nitrogen and oxygen atoms in total. The zero-order valence-corrected chi connectivity index (χ0v) is 11.2. The fourth-order valence-electron chi connectivity index (χ4n) is 1.68. The van der Waals surface area contributed by atoms with Gasteiger partial charge in [0.25, 0.3) is 5.91 Å². The van der Waals surface area contributed by atoms with E-state index in [9.17, 15) is 9.18 Å². The van der Waals surface area contributed by atoms with E-state index in [1.807, 2.05) is 0 Å². The number of nitrogens with two attached hydrogens (primary N) is 1. The average Bonchev–Trinajstić information content (AvgIpc) is 2.88. The van der Waals surface area contributed by atoms with Gasteiger partial charge in [0, 0.05) is 17.5 Å². The topological polar surface area (TPSA) is 68.0 Å². The molecule has 3 N–H and O–H groups in total. The molecule has 0 saturated carbocycles. The Bertz CT molecular complexity index is 585.